The summed E-state index contributed by atoms with van der Waals surface area (Å²) in [4.78, 5) is 15.6. The lowest BCUT2D eigenvalue weighted by Crippen LogP contribution is -1.96. The van der Waals surface area contributed by atoms with E-state index in [9.17, 15) is 4.79 Å². The van der Waals surface area contributed by atoms with Crippen LogP contribution in [0.5, 0.6) is 0 Å². The summed E-state index contributed by atoms with van der Waals surface area (Å²) in [7, 11) is 0. The van der Waals surface area contributed by atoms with Gasteiger partial charge in [0.25, 0.3) is 0 Å². The number of carbonyl (C=O) groups is 1. The van der Waals surface area contributed by atoms with E-state index in [1.165, 1.54) is 0 Å². The van der Waals surface area contributed by atoms with E-state index in [0.717, 1.165) is 0 Å². The fourth-order valence-corrected chi connectivity index (χ4v) is 1.73. The molecule has 0 spiro atoms. The Morgan fingerprint density at radius 3 is 2.71 bits per heavy atom. The van der Waals surface area contributed by atoms with Crippen LogP contribution in [0.3, 0.4) is 0 Å². The van der Waals surface area contributed by atoms with Crippen LogP contribution in [-0.4, -0.2) is 10.1 Å². The fourth-order valence-electron chi connectivity index (χ4n) is 1.53. The van der Waals surface area contributed by atoms with Gasteiger partial charge < -0.3 is 0 Å². The maximum absolute atomic E-state index is 11.4. The number of rotatable bonds is 2. The molecule has 3 nitrogen and oxygen atoms in total. The van der Waals surface area contributed by atoms with Gasteiger partial charge in [0.1, 0.15) is 0 Å². The summed E-state index contributed by atoms with van der Waals surface area (Å²) in [6.07, 6.45) is 1.64. The molecule has 4 heteroatoms. The quantitative estimate of drug-likeness (QED) is 0.821. The molecule has 0 aliphatic heterocycles. The third kappa shape index (κ3) is 2.35. The van der Waals surface area contributed by atoms with Crippen molar-refractivity contribution in [1.82, 2.24) is 4.98 Å². The molecule has 2 aromatic rings. The van der Waals surface area contributed by atoms with Crippen LogP contribution in [-0.2, 0) is 0 Å². The zero-order valence-electron chi connectivity index (χ0n) is 8.79. The average Bonchev–Trinajstić information content (AvgIpc) is 2.39. The molecule has 1 heterocycles. The Hall–Kier alpha value is -2.12. The third-order valence-electron chi connectivity index (χ3n) is 2.32. The van der Waals surface area contributed by atoms with Gasteiger partial charge in [-0.1, -0.05) is 6.07 Å². The molecule has 0 amide bonds. The van der Waals surface area contributed by atoms with Gasteiger partial charge in [-0.05, 0) is 30.3 Å². The molecule has 0 unspecified atom stereocenters. The number of thiol groups is 1. The first kappa shape index (κ1) is 11.4. The molecular weight excluding hydrogens is 232 g/mol. The zero-order chi connectivity index (χ0) is 12.3. The summed E-state index contributed by atoms with van der Waals surface area (Å²) in [5.74, 6) is 0. The van der Waals surface area contributed by atoms with Crippen LogP contribution in [0.4, 0.5) is 0 Å². The van der Waals surface area contributed by atoms with E-state index in [4.69, 9.17) is 5.26 Å². The minimum Gasteiger partial charge on any atom is -0.282 e. The summed E-state index contributed by atoms with van der Waals surface area (Å²) >= 11 is 3.82. The zero-order valence-corrected chi connectivity index (χ0v) is 9.69. The van der Waals surface area contributed by atoms with Gasteiger partial charge in [-0.2, -0.15) is 5.26 Å². The van der Waals surface area contributed by atoms with E-state index in [1.54, 1.807) is 36.5 Å². The molecule has 0 aliphatic carbocycles. The van der Waals surface area contributed by atoms with Crippen molar-refractivity contribution in [1.29, 1.82) is 5.26 Å². The van der Waals surface area contributed by atoms with Crippen LogP contribution in [0.15, 0.2) is 42.6 Å². The normalized spacial score (nSPS) is 9.65. The largest absolute Gasteiger partial charge is 0.282 e. The van der Waals surface area contributed by atoms with Crippen molar-refractivity contribution in [3.05, 3.63) is 53.7 Å². The molecule has 0 aliphatic rings. The second-order valence-electron chi connectivity index (χ2n) is 3.39. The highest BCUT2D eigenvalue weighted by molar-refractivity contribution is 7.97. The van der Waals surface area contributed by atoms with Crippen molar-refractivity contribution in [2.45, 2.75) is 0 Å². The minimum atomic E-state index is -0.338. The highest BCUT2D eigenvalue weighted by atomic mass is 32.1. The standard InChI is InChI=1S/C13H8N2OS/c14-8-9-4-5-10(13(16)17)11(7-9)12-3-1-2-6-15-12/h1-7H,(H,16,17). The predicted molar refractivity (Wildman–Crippen MR) is 67.7 cm³/mol. The average molecular weight is 240 g/mol. The van der Waals surface area contributed by atoms with Gasteiger partial charge in [0.05, 0.1) is 17.3 Å². The van der Waals surface area contributed by atoms with Gasteiger partial charge in [-0.25, -0.2) is 0 Å². The maximum atomic E-state index is 11.4. The molecule has 2 rings (SSSR count). The van der Waals surface area contributed by atoms with E-state index in [1.807, 2.05) is 12.1 Å². The first-order chi connectivity index (χ1) is 8.22. The molecule has 0 bridgehead atoms. The van der Waals surface area contributed by atoms with Gasteiger partial charge >= 0.3 is 0 Å². The van der Waals surface area contributed by atoms with Crippen LogP contribution in [0.2, 0.25) is 0 Å². The molecule has 1 aromatic carbocycles. The van der Waals surface area contributed by atoms with Crippen molar-refractivity contribution >= 4 is 17.7 Å². The highest BCUT2D eigenvalue weighted by Crippen LogP contribution is 2.24. The number of nitriles is 1. The van der Waals surface area contributed by atoms with Crippen molar-refractivity contribution in [2.24, 2.45) is 0 Å². The number of carbonyl (C=O) groups excluding carboxylic acids is 1. The Morgan fingerprint density at radius 1 is 1.29 bits per heavy atom. The molecule has 0 saturated carbocycles. The Labute approximate surface area is 104 Å². The lowest BCUT2D eigenvalue weighted by molar-refractivity contribution is 0.109. The van der Waals surface area contributed by atoms with Crippen molar-refractivity contribution < 1.29 is 4.79 Å². The van der Waals surface area contributed by atoms with E-state index >= 15 is 0 Å². The van der Waals surface area contributed by atoms with E-state index < -0.39 is 0 Å². The predicted octanol–water partition coefficient (Wildman–Crippen LogP) is 2.69. The lowest BCUT2D eigenvalue weighted by atomic mass is 10.0. The lowest BCUT2D eigenvalue weighted by Gasteiger charge is -2.06. The second kappa shape index (κ2) is 4.81. The van der Waals surface area contributed by atoms with Gasteiger partial charge in [-0.15, -0.1) is 12.6 Å². The molecule has 0 fully saturated rings. The van der Waals surface area contributed by atoms with Crippen LogP contribution in [0.1, 0.15) is 15.9 Å². The van der Waals surface area contributed by atoms with E-state index in [0.29, 0.717) is 22.4 Å². The maximum Gasteiger partial charge on any atom is 0.217 e. The van der Waals surface area contributed by atoms with E-state index in [2.05, 4.69) is 17.6 Å². The number of pyridine rings is 1. The van der Waals surface area contributed by atoms with Crippen LogP contribution >= 0.6 is 12.6 Å². The van der Waals surface area contributed by atoms with Crippen LogP contribution in [0.25, 0.3) is 11.3 Å². The number of nitrogens with zero attached hydrogens (tertiary/aromatic N) is 2. The summed E-state index contributed by atoms with van der Waals surface area (Å²) in [6, 6.07) is 12.3. The van der Waals surface area contributed by atoms with E-state index in [-0.39, 0.29) is 5.12 Å². The highest BCUT2D eigenvalue weighted by Gasteiger charge is 2.11. The Kier molecular flexibility index (Phi) is 3.22. The summed E-state index contributed by atoms with van der Waals surface area (Å²) in [5.41, 5.74) is 2.22. The van der Waals surface area contributed by atoms with Gasteiger partial charge in [0.2, 0.25) is 5.12 Å². The Bertz CT molecular complexity index is 603. The van der Waals surface area contributed by atoms with Gasteiger partial charge in [0, 0.05) is 17.3 Å². The molecule has 0 saturated heterocycles. The van der Waals surface area contributed by atoms with Crippen LogP contribution < -0.4 is 0 Å². The van der Waals surface area contributed by atoms with Crippen molar-refractivity contribution in [2.75, 3.05) is 0 Å². The monoisotopic (exact) mass is 240 g/mol. The third-order valence-corrected chi connectivity index (χ3v) is 2.56. The second-order valence-corrected chi connectivity index (χ2v) is 3.80. The smallest absolute Gasteiger partial charge is 0.217 e. The van der Waals surface area contributed by atoms with Crippen LogP contribution in [0, 0.1) is 11.3 Å². The molecule has 0 N–H and O–H groups in total. The number of hydrogen-bond donors (Lipinski definition) is 1. The number of aromatic nitrogens is 1. The van der Waals surface area contributed by atoms with Crippen molar-refractivity contribution in [3.8, 4) is 17.3 Å². The summed E-state index contributed by atoms with van der Waals surface area (Å²) < 4.78 is 0. The number of benzene rings is 1. The minimum absolute atomic E-state index is 0.338. The molecule has 0 atom stereocenters. The van der Waals surface area contributed by atoms with Gasteiger partial charge in [-0.3, -0.25) is 9.78 Å². The Morgan fingerprint density at radius 2 is 2.12 bits per heavy atom. The van der Waals surface area contributed by atoms with Gasteiger partial charge in [0.15, 0.2) is 0 Å². The number of hydrogen-bond acceptors (Lipinski definition) is 3. The van der Waals surface area contributed by atoms with Crippen molar-refractivity contribution in [3.63, 3.8) is 0 Å². The summed E-state index contributed by atoms with van der Waals surface area (Å²) in [6.45, 7) is 0. The molecule has 1 aromatic heterocycles. The molecule has 0 radical (unpaired) electrons. The fraction of sp³-hybridized carbons (Fsp3) is 0. The Balaban J connectivity index is 2.66. The molecule has 17 heavy (non-hydrogen) atoms. The molecule has 82 valence electrons. The topological polar surface area (TPSA) is 53.8 Å². The SMILES string of the molecule is N#Cc1ccc(C(=O)S)c(-c2ccccn2)c1. The first-order valence-electron chi connectivity index (χ1n) is 4.91. The molecular formula is C13H8N2OS. The summed E-state index contributed by atoms with van der Waals surface area (Å²) in [5, 5.41) is 8.53. The first-order valence-corrected chi connectivity index (χ1v) is 5.36.